The molecule has 0 bridgehead atoms. The number of rotatable bonds is 3. The van der Waals surface area contributed by atoms with E-state index in [2.05, 4.69) is 5.32 Å². The van der Waals surface area contributed by atoms with Gasteiger partial charge in [0.15, 0.2) is 0 Å². The normalized spacial score (nSPS) is 18.9. The van der Waals surface area contributed by atoms with Crippen LogP contribution in [0.1, 0.15) is 5.56 Å². The number of aryl methyl sites for hydroxylation is 1. The molecule has 0 saturated carbocycles. The molecule has 1 atom stereocenters. The van der Waals surface area contributed by atoms with Crippen LogP contribution in [0.3, 0.4) is 0 Å². The summed E-state index contributed by atoms with van der Waals surface area (Å²) in [6.45, 7) is 2.49. The molecule has 0 aliphatic carbocycles. The molecule has 7 nitrogen and oxygen atoms in total. The van der Waals surface area contributed by atoms with Crippen molar-refractivity contribution in [3.63, 3.8) is 0 Å². The predicted molar refractivity (Wildman–Crippen MR) is 69.4 cm³/mol. The molecule has 0 radical (unpaired) electrons. The number of carboxylic acids is 1. The van der Waals surface area contributed by atoms with Crippen molar-refractivity contribution in [1.82, 2.24) is 5.32 Å². The quantitative estimate of drug-likeness (QED) is 0.632. The zero-order valence-corrected chi connectivity index (χ0v) is 10.8. The van der Waals surface area contributed by atoms with E-state index in [1.165, 1.54) is 17.9 Å². The molecule has 2 N–H and O–H groups in total. The van der Waals surface area contributed by atoms with E-state index in [1.807, 2.05) is 0 Å². The number of hydrogen-bond donors (Lipinski definition) is 2. The fraction of sp³-hybridized carbons (Fsp3) is 0.417. The number of aliphatic carboxylic acids is 1. The molecular formula is C12H14FN3O4. The molecule has 0 aromatic heterocycles. The molecule has 1 aliphatic rings. The van der Waals surface area contributed by atoms with Crippen molar-refractivity contribution in [3.05, 3.63) is 33.6 Å². The maximum absolute atomic E-state index is 13.5. The van der Waals surface area contributed by atoms with Gasteiger partial charge in [-0.25, -0.2) is 9.18 Å². The van der Waals surface area contributed by atoms with Gasteiger partial charge in [-0.05, 0) is 18.6 Å². The van der Waals surface area contributed by atoms with E-state index in [9.17, 15) is 24.4 Å². The average Bonchev–Trinajstić information content (AvgIpc) is 2.41. The summed E-state index contributed by atoms with van der Waals surface area (Å²) in [7, 11) is 0. The van der Waals surface area contributed by atoms with Gasteiger partial charge in [0.1, 0.15) is 17.5 Å². The highest BCUT2D eigenvalue weighted by molar-refractivity contribution is 5.81. The fourth-order valence-electron chi connectivity index (χ4n) is 2.25. The Balaban J connectivity index is 2.51. The lowest BCUT2D eigenvalue weighted by Gasteiger charge is -2.35. The van der Waals surface area contributed by atoms with Crippen molar-refractivity contribution in [3.8, 4) is 0 Å². The molecule has 1 aromatic carbocycles. The van der Waals surface area contributed by atoms with Gasteiger partial charge in [-0.3, -0.25) is 10.1 Å². The lowest BCUT2D eigenvalue weighted by atomic mass is 10.1. The highest BCUT2D eigenvalue weighted by Crippen LogP contribution is 2.32. The first-order valence-corrected chi connectivity index (χ1v) is 6.06. The van der Waals surface area contributed by atoms with Gasteiger partial charge < -0.3 is 15.3 Å². The van der Waals surface area contributed by atoms with E-state index in [4.69, 9.17) is 0 Å². The van der Waals surface area contributed by atoms with E-state index >= 15 is 0 Å². The Bertz CT molecular complexity index is 564. The van der Waals surface area contributed by atoms with Gasteiger partial charge >= 0.3 is 5.97 Å². The van der Waals surface area contributed by atoms with Gasteiger partial charge in [0.2, 0.25) is 0 Å². The number of carboxylic acid groups (broad SMARTS) is 1. The van der Waals surface area contributed by atoms with Crippen molar-refractivity contribution in [2.45, 2.75) is 13.0 Å². The molecule has 1 saturated heterocycles. The molecule has 108 valence electrons. The first-order valence-electron chi connectivity index (χ1n) is 6.06. The number of hydrogen-bond acceptors (Lipinski definition) is 5. The summed E-state index contributed by atoms with van der Waals surface area (Å²) in [4.78, 5) is 23.0. The minimum absolute atomic E-state index is 0.141. The summed E-state index contributed by atoms with van der Waals surface area (Å²) < 4.78 is 13.5. The van der Waals surface area contributed by atoms with Gasteiger partial charge in [0.25, 0.3) is 5.69 Å². The summed E-state index contributed by atoms with van der Waals surface area (Å²) in [5, 5.41) is 23.2. The third-order valence-electron chi connectivity index (χ3n) is 3.29. The smallest absolute Gasteiger partial charge is 0.327 e. The monoisotopic (exact) mass is 283 g/mol. The molecule has 0 amide bonds. The second-order valence-electron chi connectivity index (χ2n) is 4.60. The van der Waals surface area contributed by atoms with E-state index in [-0.39, 0.29) is 17.8 Å². The molecule has 1 aromatic rings. The van der Waals surface area contributed by atoms with Crippen molar-refractivity contribution >= 4 is 17.3 Å². The van der Waals surface area contributed by atoms with Crippen LogP contribution in [0.5, 0.6) is 0 Å². The number of nitrogens with zero attached hydrogens (tertiary/aromatic N) is 2. The summed E-state index contributed by atoms with van der Waals surface area (Å²) in [6, 6.07) is 1.26. The number of carbonyl (C=O) groups is 1. The van der Waals surface area contributed by atoms with Crippen LogP contribution in [0.4, 0.5) is 15.8 Å². The largest absolute Gasteiger partial charge is 0.480 e. The molecule has 1 unspecified atom stereocenters. The first-order chi connectivity index (χ1) is 9.41. The van der Waals surface area contributed by atoms with E-state index in [0.29, 0.717) is 13.1 Å². The Labute approximate surface area is 114 Å². The van der Waals surface area contributed by atoms with Crippen LogP contribution in [0.25, 0.3) is 0 Å². The standard InChI is InChI=1S/C12H14FN3O4/c1-7-4-9(10(16(19)20)5-8(7)13)15-3-2-14-6-11(15)12(17)18/h4-5,11,14H,2-3,6H2,1H3,(H,17,18). The number of nitro groups is 1. The number of piperazine rings is 1. The second kappa shape index (κ2) is 5.41. The number of benzene rings is 1. The van der Waals surface area contributed by atoms with E-state index in [0.717, 1.165) is 6.07 Å². The molecule has 0 spiro atoms. The SMILES string of the molecule is Cc1cc(N2CCNCC2C(=O)O)c([N+](=O)[O-])cc1F. The predicted octanol–water partition coefficient (Wildman–Crippen LogP) is 0.905. The van der Waals surface area contributed by atoms with Gasteiger partial charge in [-0.15, -0.1) is 0 Å². The van der Waals surface area contributed by atoms with Crippen LogP contribution in [0.15, 0.2) is 12.1 Å². The zero-order valence-electron chi connectivity index (χ0n) is 10.8. The lowest BCUT2D eigenvalue weighted by molar-refractivity contribution is -0.384. The van der Waals surface area contributed by atoms with Crippen LogP contribution in [-0.4, -0.2) is 41.7 Å². The third kappa shape index (κ3) is 2.55. The number of nitrogens with one attached hydrogen (secondary N) is 1. The molecule has 20 heavy (non-hydrogen) atoms. The highest BCUT2D eigenvalue weighted by atomic mass is 19.1. The number of halogens is 1. The summed E-state index contributed by atoms with van der Waals surface area (Å²) in [5.74, 6) is -1.75. The minimum atomic E-state index is -1.08. The second-order valence-corrected chi connectivity index (χ2v) is 4.60. The molecular weight excluding hydrogens is 269 g/mol. The van der Waals surface area contributed by atoms with E-state index in [1.54, 1.807) is 0 Å². The Morgan fingerprint density at radius 1 is 1.60 bits per heavy atom. The lowest BCUT2D eigenvalue weighted by Crippen LogP contribution is -2.55. The van der Waals surface area contributed by atoms with Crippen molar-refractivity contribution < 1.29 is 19.2 Å². The average molecular weight is 283 g/mol. The first kappa shape index (κ1) is 14.2. The summed E-state index contributed by atoms with van der Waals surface area (Å²) in [5.41, 5.74) is -0.0303. The minimum Gasteiger partial charge on any atom is -0.480 e. The van der Waals surface area contributed by atoms with Gasteiger partial charge in [-0.1, -0.05) is 0 Å². The van der Waals surface area contributed by atoms with Gasteiger partial charge in [0.05, 0.1) is 11.0 Å². The third-order valence-corrected chi connectivity index (χ3v) is 3.29. The number of anilines is 1. The Morgan fingerprint density at radius 3 is 2.90 bits per heavy atom. The van der Waals surface area contributed by atoms with Crippen LogP contribution in [0.2, 0.25) is 0 Å². The van der Waals surface area contributed by atoms with Crippen molar-refractivity contribution in [2.75, 3.05) is 24.5 Å². The zero-order chi connectivity index (χ0) is 14.9. The Morgan fingerprint density at radius 2 is 2.30 bits per heavy atom. The Hall–Kier alpha value is -2.22. The highest BCUT2D eigenvalue weighted by Gasteiger charge is 2.33. The molecule has 1 aliphatic heterocycles. The van der Waals surface area contributed by atoms with Gasteiger partial charge in [0, 0.05) is 19.6 Å². The van der Waals surface area contributed by atoms with Crippen LogP contribution in [-0.2, 0) is 4.79 Å². The van der Waals surface area contributed by atoms with Crippen molar-refractivity contribution in [2.24, 2.45) is 0 Å². The summed E-state index contributed by atoms with van der Waals surface area (Å²) >= 11 is 0. The Kier molecular flexibility index (Phi) is 3.84. The molecule has 2 rings (SSSR count). The van der Waals surface area contributed by atoms with Gasteiger partial charge in [-0.2, -0.15) is 0 Å². The molecule has 1 heterocycles. The molecule has 1 fully saturated rings. The maximum atomic E-state index is 13.5. The van der Waals surface area contributed by atoms with Crippen molar-refractivity contribution in [1.29, 1.82) is 0 Å². The van der Waals surface area contributed by atoms with Crippen LogP contribution >= 0.6 is 0 Å². The fourth-order valence-corrected chi connectivity index (χ4v) is 2.25. The van der Waals surface area contributed by atoms with Crippen LogP contribution in [0, 0.1) is 22.9 Å². The van der Waals surface area contributed by atoms with E-state index < -0.39 is 28.4 Å². The van der Waals surface area contributed by atoms with Crippen LogP contribution < -0.4 is 10.2 Å². The number of nitro benzene ring substituents is 1. The maximum Gasteiger partial charge on any atom is 0.327 e. The molecule has 8 heteroatoms. The topological polar surface area (TPSA) is 95.7 Å². The summed E-state index contributed by atoms with van der Waals surface area (Å²) in [6.07, 6.45) is 0.